The predicted octanol–water partition coefficient (Wildman–Crippen LogP) is 0.872. The molecule has 0 spiro atoms. The Kier molecular flexibility index (Phi) is 5.24. The lowest BCUT2D eigenvalue weighted by Gasteiger charge is -2.31. The molecule has 2 aliphatic heterocycles. The van der Waals surface area contributed by atoms with Crippen LogP contribution < -0.4 is 4.74 Å². The van der Waals surface area contributed by atoms with Crippen LogP contribution in [0.2, 0.25) is 0 Å². The van der Waals surface area contributed by atoms with Crippen molar-refractivity contribution in [2.45, 2.75) is 25.4 Å². The highest BCUT2D eigenvalue weighted by Crippen LogP contribution is 2.24. The summed E-state index contributed by atoms with van der Waals surface area (Å²) in [4.78, 5) is 18.1. The normalized spacial score (nSPS) is 23.0. The number of rotatable bonds is 4. The van der Waals surface area contributed by atoms with Crippen molar-refractivity contribution in [3.05, 3.63) is 24.1 Å². The van der Waals surface area contributed by atoms with E-state index in [0.717, 1.165) is 0 Å². The molecule has 1 aromatic rings. The van der Waals surface area contributed by atoms with Gasteiger partial charge in [0.2, 0.25) is 27.8 Å². The number of nitrogens with zero attached hydrogens (tertiary/aromatic N) is 3. The molecule has 0 bridgehead atoms. The molecular formula is C16H22FN3O4S. The Balaban J connectivity index is 1.51. The molecule has 7 nitrogen and oxygen atoms in total. The van der Waals surface area contributed by atoms with Crippen LogP contribution in [0.3, 0.4) is 0 Å². The number of pyridine rings is 1. The molecule has 138 valence electrons. The average molecular weight is 371 g/mol. The van der Waals surface area contributed by atoms with Crippen LogP contribution in [0.15, 0.2) is 18.2 Å². The number of ether oxygens (including phenoxy) is 1. The van der Waals surface area contributed by atoms with Gasteiger partial charge in [-0.1, -0.05) is 6.07 Å². The van der Waals surface area contributed by atoms with Gasteiger partial charge in [-0.15, -0.1) is 0 Å². The molecule has 1 amide bonds. The summed E-state index contributed by atoms with van der Waals surface area (Å²) in [5, 5.41) is 0. The van der Waals surface area contributed by atoms with Crippen molar-refractivity contribution < 1.29 is 22.3 Å². The molecule has 2 fully saturated rings. The highest BCUT2D eigenvalue weighted by molar-refractivity contribution is 7.88. The van der Waals surface area contributed by atoms with Crippen molar-refractivity contribution in [3.63, 3.8) is 0 Å². The van der Waals surface area contributed by atoms with Gasteiger partial charge in [0.1, 0.15) is 6.10 Å². The molecular weight excluding hydrogens is 349 g/mol. The second-order valence-corrected chi connectivity index (χ2v) is 8.53. The summed E-state index contributed by atoms with van der Waals surface area (Å²) in [5.41, 5.74) is 0. The van der Waals surface area contributed by atoms with E-state index in [4.69, 9.17) is 4.74 Å². The van der Waals surface area contributed by atoms with E-state index in [-0.39, 0.29) is 23.8 Å². The van der Waals surface area contributed by atoms with E-state index >= 15 is 0 Å². The number of hydrogen-bond donors (Lipinski definition) is 0. The molecule has 0 saturated carbocycles. The van der Waals surface area contributed by atoms with E-state index in [2.05, 4.69) is 4.98 Å². The molecule has 0 radical (unpaired) electrons. The number of sulfonamides is 1. The summed E-state index contributed by atoms with van der Waals surface area (Å²) >= 11 is 0. The molecule has 2 saturated heterocycles. The fourth-order valence-corrected chi connectivity index (χ4v) is 4.22. The summed E-state index contributed by atoms with van der Waals surface area (Å²) < 4.78 is 43.3. The minimum absolute atomic E-state index is 0.0476. The maximum absolute atomic E-state index is 13.1. The lowest BCUT2D eigenvalue weighted by atomic mass is 9.97. The third kappa shape index (κ3) is 4.46. The van der Waals surface area contributed by atoms with E-state index in [9.17, 15) is 17.6 Å². The van der Waals surface area contributed by atoms with Gasteiger partial charge in [-0.05, 0) is 18.9 Å². The number of aromatic nitrogens is 1. The molecule has 0 N–H and O–H groups in total. The number of carbonyl (C=O) groups is 1. The van der Waals surface area contributed by atoms with E-state index in [1.165, 1.54) is 22.7 Å². The first kappa shape index (κ1) is 18.1. The molecule has 1 unspecified atom stereocenters. The number of hydrogen-bond acceptors (Lipinski definition) is 5. The summed E-state index contributed by atoms with van der Waals surface area (Å²) in [6.45, 7) is 1.81. The van der Waals surface area contributed by atoms with Gasteiger partial charge in [0.15, 0.2) is 0 Å². The molecule has 9 heteroatoms. The third-order valence-electron chi connectivity index (χ3n) is 4.71. The van der Waals surface area contributed by atoms with Crippen molar-refractivity contribution in [2.75, 3.05) is 32.4 Å². The van der Waals surface area contributed by atoms with E-state index in [1.807, 2.05) is 0 Å². The molecule has 1 atom stereocenters. The Hall–Kier alpha value is -1.74. The molecule has 2 aliphatic rings. The summed E-state index contributed by atoms with van der Waals surface area (Å²) in [5.74, 6) is -0.475. The summed E-state index contributed by atoms with van der Waals surface area (Å²) in [6.07, 6.45) is 2.75. The van der Waals surface area contributed by atoms with Crippen LogP contribution in [0.5, 0.6) is 5.88 Å². The van der Waals surface area contributed by atoms with E-state index in [1.54, 1.807) is 11.0 Å². The van der Waals surface area contributed by atoms with Gasteiger partial charge in [0.25, 0.3) is 0 Å². The largest absolute Gasteiger partial charge is 0.472 e. The smallest absolute Gasteiger partial charge is 0.225 e. The fraction of sp³-hybridized carbons (Fsp3) is 0.625. The van der Waals surface area contributed by atoms with Crippen LogP contribution in [-0.4, -0.2) is 67.1 Å². The highest BCUT2D eigenvalue weighted by Gasteiger charge is 2.35. The highest BCUT2D eigenvalue weighted by atomic mass is 32.2. The second kappa shape index (κ2) is 7.25. The zero-order valence-electron chi connectivity index (χ0n) is 14.1. The number of halogens is 1. The van der Waals surface area contributed by atoms with Gasteiger partial charge >= 0.3 is 0 Å². The number of likely N-dealkylation sites (tertiary alicyclic amines) is 1. The lowest BCUT2D eigenvalue weighted by molar-refractivity contribution is -0.135. The topological polar surface area (TPSA) is 79.8 Å². The molecule has 0 aliphatic carbocycles. The molecule has 0 aromatic carbocycles. The standard InChI is InChI=1S/C16H22FN3O4S/c1-25(22,23)20-9-5-12(6-10-20)16(21)19-8-7-13(11-19)24-15-4-2-3-14(17)18-15/h2-4,12-13H,5-11H2,1H3. The molecule has 25 heavy (non-hydrogen) atoms. The maximum Gasteiger partial charge on any atom is 0.225 e. The van der Waals surface area contributed by atoms with Gasteiger partial charge in [-0.2, -0.15) is 9.37 Å². The van der Waals surface area contributed by atoms with Crippen LogP contribution in [0.1, 0.15) is 19.3 Å². The monoisotopic (exact) mass is 371 g/mol. The predicted molar refractivity (Wildman–Crippen MR) is 88.9 cm³/mol. The average Bonchev–Trinajstić information content (AvgIpc) is 3.02. The first-order valence-corrected chi connectivity index (χ1v) is 10.2. The van der Waals surface area contributed by atoms with Crippen LogP contribution >= 0.6 is 0 Å². The van der Waals surface area contributed by atoms with Gasteiger partial charge in [-0.3, -0.25) is 4.79 Å². The molecule has 3 heterocycles. The first-order chi connectivity index (χ1) is 11.8. The Morgan fingerprint density at radius 3 is 2.60 bits per heavy atom. The zero-order valence-corrected chi connectivity index (χ0v) is 14.9. The van der Waals surface area contributed by atoms with Crippen LogP contribution in [-0.2, 0) is 14.8 Å². The van der Waals surface area contributed by atoms with Crippen molar-refractivity contribution in [3.8, 4) is 5.88 Å². The van der Waals surface area contributed by atoms with Crippen molar-refractivity contribution in [1.82, 2.24) is 14.2 Å². The summed E-state index contributed by atoms with van der Waals surface area (Å²) in [7, 11) is -3.19. The van der Waals surface area contributed by atoms with Gasteiger partial charge < -0.3 is 9.64 Å². The van der Waals surface area contributed by atoms with Crippen molar-refractivity contribution in [2.24, 2.45) is 5.92 Å². The molecule has 3 rings (SSSR count). The van der Waals surface area contributed by atoms with Crippen molar-refractivity contribution >= 4 is 15.9 Å². The minimum atomic E-state index is -3.19. The first-order valence-electron chi connectivity index (χ1n) is 8.36. The van der Waals surface area contributed by atoms with E-state index < -0.39 is 16.0 Å². The van der Waals surface area contributed by atoms with Crippen LogP contribution in [0.4, 0.5) is 4.39 Å². The lowest BCUT2D eigenvalue weighted by Crippen LogP contribution is -2.43. The van der Waals surface area contributed by atoms with Gasteiger partial charge in [-0.25, -0.2) is 12.7 Å². The summed E-state index contributed by atoms with van der Waals surface area (Å²) in [6, 6.07) is 4.37. The fourth-order valence-electron chi connectivity index (χ4n) is 3.34. The Morgan fingerprint density at radius 1 is 1.24 bits per heavy atom. The van der Waals surface area contributed by atoms with Crippen molar-refractivity contribution in [1.29, 1.82) is 0 Å². The Morgan fingerprint density at radius 2 is 1.96 bits per heavy atom. The van der Waals surface area contributed by atoms with Gasteiger partial charge in [0, 0.05) is 38.0 Å². The van der Waals surface area contributed by atoms with Crippen LogP contribution in [0, 0.1) is 11.9 Å². The number of amides is 1. The third-order valence-corrected chi connectivity index (χ3v) is 6.01. The van der Waals surface area contributed by atoms with Gasteiger partial charge in [0.05, 0.1) is 12.8 Å². The van der Waals surface area contributed by atoms with Crippen LogP contribution in [0.25, 0.3) is 0 Å². The second-order valence-electron chi connectivity index (χ2n) is 6.55. The minimum Gasteiger partial charge on any atom is -0.472 e. The Labute approximate surface area is 146 Å². The maximum atomic E-state index is 13.1. The zero-order chi connectivity index (χ0) is 18.0. The SMILES string of the molecule is CS(=O)(=O)N1CCC(C(=O)N2CCC(Oc3cccc(F)n3)C2)CC1. The Bertz CT molecular complexity index is 735. The van der Waals surface area contributed by atoms with E-state index in [0.29, 0.717) is 45.4 Å². The number of carbonyl (C=O) groups excluding carboxylic acids is 1. The number of piperidine rings is 1. The molecule has 1 aromatic heterocycles. The quantitative estimate of drug-likeness (QED) is 0.734.